The number of para-hydroxylation sites is 1. The topological polar surface area (TPSA) is 86.1 Å². The number of rotatable bonds is 5. The van der Waals surface area contributed by atoms with Crippen LogP contribution in [0.4, 0.5) is 15.9 Å². The summed E-state index contributed by atoms with van der Waals surface area (Å²) < 4.78 is 22.0. The number of nitrogens with zero attached hydrogens (tertiary/aromatic N) is 2. The van der Waals surface area contributed by atoms with E-state index in [2.05, 4.69) is 10.4 Å². The maximum atomic E-state index is 15.1. The molecule has 0 saturated carbocycles. The molecule has 0 atom stereocenters. The second kappa shape index (κ2) is 7.49. The van der Waals surface area contributed by atoms with E-state index in [4.69, 9.17) is 21.8 Å². The lowest BCUT2D eigenvalue weighted by molar-refractivity contribution is 0.0948. The molecule has 3 aromatic heterocycles. The van der Waals surface area contributed by atoms with Gasteiger partial charge in [-0.15, -0.1) is 11.3 Å². The number of hydrogen-bond donors (Lipinski definition) is 2. The molecule has 4 rings (SSSR count). The van der Waals surface area contributed by atoms with Crippen molar-refractivity contribution in [2.24, 2.45) is 0 Å². The second-order valence-corrected chi connectivity index (χ2v) is 7.65. The van der Waals surface area contributed by atoms with E-state index in [0.29, 0.717) is 4.34 Å². The SMILES string of the molecule is Nc1ccccc1C(=O)n1nc(-c2ccco2)c(F)c1NCc1ccc(Cl)s1. The highest BCUT2D eigenvalue weighted by Crippen LogP contribution is 2.30. The van der Waals surface area contributed by atoms with Crippen LogP contribution in [0.15, 0.2) is 59.2 Å². The molecule has 0 spiro atoms. The fourth-order valence-corrected chi connectivity index (χ4v) is 3.72. The molecule has 0 aliphatic carbocycles. The summed E-state index contributed by atoms with van der Waals surface area (Å²) in [4.78, 5) is 13.9. The Morgan fingerprint density at radius 2 is 2.07 bits per heavy atom. The lowest BCUT2D eigenvalue weighted by Crippen LogP contribution is -2.18. The summed E-state index contributed by atoms with van der Waals surface area (Å²) >= 11 is 7.30. The summed E-state index contributed by atoms with van der Waals surface area (Å²) in [6.45, 7) is 0.273. The molecule has 28 heavy (non-hydrogen) atoms. The largest absolute Gasteiger partial charge is 0.463 e. The van der Waals surface area contributed by atoms with Crippen LogP contribution in [0.2, 0.25) is 4.34 Å². The molecular weight excluding hydrogens is 403 g/mol. The van der Waals surface area contributed by atoms with Gasteiger partial charge in [0.25, 0.3) is 5.91 Å². The van der Waals surface area contributed by atoms with E-state index in [1.54, 1.807) is 42.5 Å². The fraction of sp³-hybridized carbons (Fsp3) is 0.0526. The number of hydrogen-bond acceptors (Lipinski definition) is 6. The van der Waals surface area contributed by atoms with Crippen LogP contribution in [0.3, 0.4) is 0 Å². The first-order chi connectivity index (χ1) is 13.5. The van der Waals surface area contributed by atoms with Gasteiger partial charge in [-0.3, -0.25) is 4.79 Å². The van der Waals surface area contributed by atoms with Gasteiger partial charge in [0, 0.05) is 10.6 Å². The number of benzene rings is 1. The van der Waals surface area contributed by atoms with Crippen molar-refractivity contribution in [1.29, 1.82) is 0 Å². The van der Waals surface area contributed by atoms with Gasteiger partial charge in [0.2, 0.25) is 0 Å². The van der Waals surface area contributed by atoms with Gasteiger partial charge < -0.3 is 15.5 Å². The third-order valence-electron chi connectivity index (χ3n) is 4.02. The van der Waals surface area contributed by atoms with Gasteiger partial charge in [0.1, 0.15) is 0 Å². The van der Waals surface area contributed by atoms with Crippen LogP contribution in [0, 0.1) is 5.82 Å². The zero-order valence-corrected chi connectivity index (χ0v) is 15.9. The molecule has 0 unspecified atom stereocenters. The van der Waals surface area contributed by atoms with Crippen molar-refractivity contribution in [1.82, 2.24) is 9.78 Å². The Kier molecular flexibility index (Phi) is 4.89. The highest BCUT2D eigenvalue weighted by molar-refractivity contribution is 7.16. The number of furan rings is 1. The molecule has 3 N–H and O–H groups in total. The summed E-state index contributed by atoms with van der Waals surface area (Å²) in [5.41, 5.74) is 6.34. The van der Waals surface area contributed by atoms with Gasteiger partial charge in [-0.1, -0.05) is 23.7 Å². The Bertz CT molecular complexity index is 1140. The minimum Gasteiger partial charge on any atom is -0.463 e. The van der Waals surface area contributed by atoms with Gasteiger partial charge in [-0.2, -0.15) is 9.78 Å². The molecule has 0 aliphatic heterocycles. The van der Waals surface area contributed by atoms with Crippen LogP contribution >= 0.6 is 22.9 Å². The maximum absolute atomic E-state index is 15.1. The highest BCUT2D eigenvalue weighted by atomic mass is 35.5. The van der Waals surface area contributed by atoms with Crippen molar-refractivity contribution in [3.05, 3.63) is 75.4 Å². The zero-order valence-electron chi connectivity index (χ0n) is 14.4. The molecule has 4 aromatic rings. The summed E-state index contributed by atoms with van der Waals surface area (Å²) in [6, 6.07) is 13.3. The first kappa shape index (κ1) is 18.3. The second-order valence-electron chi connectivity index (χ2n) is 5.85. The minimum atomic E-state index is -0.694. The Hall–Kier alpha value is -3.10. The van der Waals surface area contributed by atoms with Gasteiger partial charge >= 0.3 is 0 Å². The smallest absolute Gasteiger partial charge is 0.282 e. The van der Waals surface area contributed by atoms with Crippen molar-refractivity contribution in [3.8, 4) is 11.5 Å². The Morgan fingerprint density at radius 3 is 2.75 bits per heavy atom. The van der Waals surface area contributed by atoms with E-state index in [9.17, 15) is 4.79 Å². The van der Waals surface area contributed by atoms with Gasteiger partial charge in [0.15, 0.2) is 23.1 Å². The van der Waals surface area contributed by atoms with Crippen molar-refractivity contribution in [3.63, 3.8) is 0 Å². The highest BCUT2D eigenvalue weighted by Gasteiger charge is 2.26. The standard InChI is InChI=1S/C19H14ClFN4O2S/c20-15-8-7-11(28-15)10-23-18-16(21)17(14-6-3-9-27-14)24-25(18)19(26)12-4-1-2-5-13(12)22/h1-9,23H,10,22H2. The first-order valence-electron chi connectivity index (χ1n) is 8.24. The average Bonchev–Trinajstić information content (AvgIpc) is 3.41. The molecule has 0 bridgehead atoms. The number of aromatic nitrogens is 2. The van der Waals surface area contributed by atoms with Crippen LogP contribution < -0.4 is 11.1 Å². The third kappa shape index (κ3) is 3.39. The number of nitrogens with one attached hydrogen (secondary N) is 1. The summed E-state index contributed by atoms with van der Waals surface area (Å²) in [7, 11) is 0. The van der Waals surface area contributed by atoms with Crippen molar-refractivity contribution in [2.45, 2.75) is 6.54 Å². The van der Waals surface area contributed by atoms with Gasteiger partial charge in [0.05, 0.1) is 22.7 Å². The van der Waals surface area contributed by atoms with E-state index < -0.39 is 11.7 Å². The van der Waals surface area contributed by atoms with Crippen molar-refractivity contribution < 1.29 is 13.6 Å². The van der Waals surface area contributed by atoms with E-state index in [0.717, 1.165) is 9.56 Å². The van der Waals surface area contributed by atoms with Crippen LogP contribution in [0.1, 0.15) is 15.2 Å². The van der Waals surface area contributed by atoms with Crippen LogP contribution in [0.5, 0.6) is 0 Å². The van der Waals surface area contributed by atoms with Crippen molar-refractivity contribution >= 4 is 40.4 Å². The third-order valence-corrected chi connectivity index (χ3v) is 5.26. The maximum Gasteiger partial charge on any atom is 0.282 e. The number of nitrogens with two attached hydrogens (primary N) is 1. The Morgan fingerprint density at radius 1 is 1.25 bits per heavy atom. The quantitative estimate of drug-likeness (QED) is 0.453. The van der Waals surface area contributed by atoms with Crippen LogP contribution in [0.25, 0.3) is 11.5 Å². The molecule has 0 saturated heterocycles. The zero-order chi connectivity index (χ0) is 19.7. The number of halogens is 2. The van der Waals surface area contributed by atoms with E-state index in [-0.39, 0.29) is 35.1 Å². The average molecular weight is 417 g/mol. The number of thiophene rings is 1. The number of carbonyl (C=O) groups excluding carboxylic acids is 1. The first-order valence-corrected chi connectivity index (χ1v) is 9.43. The van der Waals surface area contributed by atoms with Gasteiger partial charge in [-0.05, 0) is 36.4 Å². The monoisotopic (exact) mass is 416 g/mol. The molecule has 0 amide bonds. The van der Waals surface area contributed by atoms with Crippen LogP contribution in [-0.2, 0) is 6.54 Å². The fourth-order valence-electron chi connectivity index (χ4n) is 2.69. The predicted molar refractivity (Wildman–Crippen MR) is 107 cm³/mol. The normalized spacial score (nSPS) is 10.9. The van der Waals surface area contributed by atoms with Crippen molar-refractivity contribution in [2.75, 3.05) is 11.1 Å². The molecule has 1 aromatic carbocycles. The predicted octanol–water partition coefficient (Wildman–Crippen LogP) is 4.88. The molecular formula is C19H14ClFN4O2S. The van der Waals surface area contributed by atoms with E-state index in [1.807, 2.05) is 6.07 Å². The van der Waals surface area contributed by atoms with E-state index in [1.165, 1.54) is 17.6 Å². The molecule has 0 radical (unpaired) electrons. The Labute approximate surface area is 168 Å². The number of anilines is 2. The number of carbonyl (C=O) groups is 1. The summed E-state index contributed by atoms with van der Waals surface area (Å²) in [5, 5.41) is 7.08. The van der Waals surface area contributed by atoms with E-state index >= 15 is 4.39 Å². The molecule has 142 valence electrons. The lowest BCUT2D eigenvalue weighted by Gasteiger charge is -2.09. The lowest BCUT2D eigenvalue weighted by atomic mass is 10.2. The number of nitrogen functional groups attached to an aromatic ring is 1. The molecule has 3 heterocycles. The minimum absolute atomic E-state index is 0.0698. The summed E-state index contributed by atoms with van der Waals surface area (Å²) in [5.74, 6) is -1.11. The molecule has 9 heteroatoms. The molecule has 6 nitrogen and oxygen atoms in total. The van der Waals surface area contributed by atoms with Gasteiger partial charge in [-0.25, -0.2) is 4.39 Å². The molecule has 0 fully saturated rings. The summed E-state index contributed by atoms with van der Waals surface area (Å²) in [6.07, 6.45) is 1.41. The molecule has 0 aliphatic rings. The Balaban J connectivity index is 1.76. The van der Waals surface area contributed by atoms with Crippen LogP contribution in [-0.4, -0.2) is 15.7 Å².